The van der Waals surface area contributed by atoms with Gasteiger partial charge in [0, 0.05) is 40.3 Å². The molecule has 6 atom stereocenters. The van der Waals surface area contributed by atoms with Crippen LogP contribution in [-0.2, 0) is 5.41 Å². The molecule has 7 aliphatic rings. The summed E-state index contributed by atoms with van der Waals surface area (Å²) in [5, 5.41) is 2.64. The molecule has 0 N–H and O–H groups in total. The van der Waals surface area contributed by atoms with Crippen molar-refractivity contribution in [3.8, 4) is 16.9 Å². The Morgan fingerprint density at radius 2 is 1.51 bits per heavy atom. The van der Waals surface area contributed by atoms with E-state index in [1.54, 1.807) is 5.56 Å². The van der Waals surface area contributed by atoms with E-state index in [0.29, 0.717) is 11.8 Å². The van der Waals surface area contributed by atoms with Crippen molar-refractivity contribution < 1.29 is 4.74 Å². The predicted octanol–water partition coefficient (Wildman–Crippen LogP) is 12.0. The van der Waals surface area contributed by atoms with Gasteiger partial charge >= 0.3 is 0 Å². The van der Waals surface area contributed by atoms with E-state index in [2.05, 4.69) is 141 Å². The molecule has 12 rings (SSSR count). The molecule has 4 saturated carbocycles. The second kappa shape index (κ2) is 10.0. The summed E-state index contributed by atoms with van der Waals surface area (Å²) in [5.74, 6) is 7.31. The lowest BCUT2D eigenvalue weighted by Crippen LogP contribution is -2.21. The number of rotatable bonds is 4. The zero-order chi connectivity index (χ0) is 32.6. The van der Waals surface area contributed by atoms with Crippen molar-refractivity contribution in [2.45, 2.75) is 63.7 Å². The van der Waals surface area contributed by atoms with Crippen LogP contribution in [0.1, 0.15) is 80.5 Å². The summed E-state index contributed by atoms with van der Waals surface area (Å²) < 4.78 is 6.72. The standard InChI is InChI=1S/C47H43NO/c1-27-34-21-20-33(26-43(27)49-42-15-9-7-12-36(34)42)48(32-18-16-28(17-19-32)44-38-23-30-22-31(38)24-39(30)44)41-25-29-10-4-5-11-35(29)46-45(41)37-13-6-8-14-40(37)47(46,2)3/h4-20,25-27,30-31,34,38-39,44H,21-24H2,1-3H3. The van der Waals surface area contributed by atoms with Gasteiger partial charge in [0.15, 0.2) is 0 Å². The Bertz CT molecular complexity index is 2240. The van der Waals surface area contributed by atoms with E-state index < -0.39 is 0 Å². The molecule has 6 bridgehead atoms. The van der Waals surface area contributed by atoms with E-state index in [1.165, 1.54) is 74.9 Å². The number of hydrogen-bond donors (Lipinski definition) is 0. The molecule has 0 radical (unpaired) electrons. The number of ether oxygens (including phenoxy) is 1. The van der Waals surface area contributed by atoms with Gasteiger partial charge in [-0.25, -0.2) is 0 Å². The van der Waals surface area contributed by atoms with Gasteiger partial charge in [-0.05, 0) is 118 Å². The largest absolute Gasteiger partial charge is 0.461 e. The van der Waals surface area contributed by atoms with Crippen LogP contribution in [0.15, 0.2) is 127 Å². The number of anilines is 2. The molecule has 1 aliphatic heterocycles. The molecule has 2 nitrogen and oxygen atoms in total. The third-order valence-electron chi connectivity index (χ3n) is 13.9. The highest BCUT2D eigenvalue weighted by atomic mass is 16.5. The van der Waals surface area contributed by atoms with E-state index >= 15 is 0 Å². The van der Waals surface area contributed by atoms with E-state index in [0.717, 1.165) is 47.5 Å². The Kier molecular flexibility index (Phi) is 5.78. The zero-order valence-electron chi connectivity index (χ0n) is 28.7. The smallest absolute Gasteiger partial charge is 0.130 e. The first kappa shape index (κ1) is 28.3. The van der Waals surface area contributed by atoms with Crippen molar-refractivity contribution in [1.29, 1.82) is 0 Å². The van der Waals surface area contributed by atoms with Gasteiger partial charge in [0.1, 0.15) is 11.5 Å². The lowest BCUT2D eigenvalue weighted by molar-refractivity contribution is 0.293. The fourth-order valence-corrected chi connectivity index (χ4v) is 11.8. The van der Waals surface area contributed by atoms with Gasteiger partial charge in [-0.3, -0.25) is 0 Å². The van der Waals surface area contributed by atoms with Gasteiger partial charge in [0.05, 0.1) is 5.69 Å². The van der Waals surface area contributed by atoms with E-state index in [-0.39, 0.29) is 5.41 Å². The van der Waals surface area contributed by atoms with Crippen LogP contribution < -0.4 is 9.64 Å². The fourth-order valence-electron chi connectivity index (χ4n) is 11.8. The van der Waals surface area contributed by atoms with Crippen molar-refractivity contribution in [3.05, 3.63) is 149 Å². The van der Waals surface area contributed by atoms with Crippen molar-refractivity contribution in [2.75, 3.05) is 4.90 Å². The van der Waals surface area contributed by atoms with Crippen LogP contribution in [0, 0.1) is 29.6 Å². The van der Waals surface area contributed by atoms with Crippen molar-refractivity contribution >= 4 is 22.1 Å². The number of para-hydroxylation sites is 1. The Morgan fingerprint density at radius 1 is 0.776 bits per heavy atom. The van der Waals surface area contributed by atoms with Crippen LogP contribution >= 0.6 is 0 Å². The number of nitrogens with zero attached hydrogens (tertiary/aromatic N) is 1. The van der Waals surface area contributed by atoms with Gasteiger partial charge in [-0.2, -0.15) is 0 Å². The lowest BCUT2D eigenvalue weighted by Gasteiger charge is -2.32. The summed E-state index contributed by atoms with van der Waals surface area (Å²) in [6.45, 7) is 7.17. The van der Waals surface area contributed by atoms with Gasteiger partial charge in [0.2, 0.25) is 0 Å². The molecule has 242 valence electrons. The van der Waals surface area contributed by atoms with Crippen LogP contribution in [-0.4, -0.2) is 0 Å². The minimum absolute atomic E-state index is 0.119. The first-order valence-corrected chi connectivity index (χ1v) is 18.7. The van der Waals surface area contributed by atoms with Gasteiger partial charge < -0.3 is 9.64 Å². The Balaban J connectivity index is 1.13. The molecule has 5 aromatic carbocycles. The fraction of sp³-hybridized carbons (Fsp3) is 0.319. The molecule has 1 heterocycles. The minimum atomic E-state index is -0.119. The zero-order valence-corrected chi connectivity index (χ0v) is 28.7. The molecule has 4 fully saturated rings. The second-order valence-electron chi connectivity index (χ2n) is 16.5. The topological polar surface area (TPSA) is 12.5 Å². The highest BCUT2D eigenvalue weighted by Gasteiger charge is 2.59. The Hall–Kier alpha value is -4.56. The van der Waals surface area contributed by atoms with Crippen LogP contribution in [0.4, 0.5) is 11.4 Å². The minimum Gasteiger partial charge on any atom is -0.461 e. The first-order chi connectivity index (χ1) is 24.0. The quantitative estimate of drug-likeness (QED) is 0.194. The molecular weight excluding hydrogens is 595 g/mol. The first-order valence-electron chi connectivity index (χ1n) is 18.7. The molecule has 0 spiro atoms. The summed E-state index contributed by atoms with van der Waals surface area (Å²) in [6, 6.07) is 39.1. The van der Waals surface area contributed by atoms with Crippen LogP contribution in [0.5, 0.6) is 5.75 Å². The average Bonchev–Trinajstić information content (AvgIpc) is 3.92. The lowest BCUT2D eigenvalue weighted by atomic mass is 9.80. The van der Waals surface area contributed by atoms with E-state index in [9.17, 15) is 0 Å². The van der Waals surface area contributed by atoms with Crippen molar-refractivity contribution in [3.63, 3.8) is 0 Å². The number of allylic oxidation sites excluding steroid dienone is 3. The molecule has 6 aliphatic carbocycles. The normalized spacial score (nSPS) is 29.2. The third-order valence-corrected chi connectivity index (χ3v) is 13.9. The number of benzene rings is 5. The van der Waals surface area contributed by atoms with Gasteiger partial charge in [0.25, 0.3) is 0 Å². The second-order valence-corrected chi connectivity index (χ2v) is 16.5. The van der Waals surface area contributed by atoms with Crippen LogP contribution in [0.2, 0.25) is 0 Å². The van der Waals surface area contributed by atoms with Gasteiger partial charge in [-0.1, -0.05) is 106 Å². The number of fused-ring (bicyclic) bond motifs is 9. The van der Waals surface area contributed by atoms with Crippen molar-refractivity contribution in [1.82, 2.24) is 0 Å². The molecule has 6 unspecified atom stereocenters. The maximum absolute atomic E-state index is 6.72. The highest BCUT2D eigenvalue weighted by molar-refractivity contribution is 6.05. The summed E-state index contributed by atoms with van der Waals surface area (Å²) in [6.07, 6.45) is 10.2. The van der Waals surface area contributed by atoms with Crippen LogP contribution in [0.25, 0.3) is 21.9 Å². The maximum Gasteiger partial charge on any atom is 0.130 e. The average molecular weight is 638 g/mol. The molecule has 2 heteroatoms. The number of hydrogen-bond acceptors (Lipinski definition) is 2. The Morgan fingerprint density at radius 3 is 2.33 bits per heavy atom. The molecule has 0 amide bonds. The summed E-state index contributed by atoms with van der Waals surface area (Å²) in [4.78, 5) is 2.57. The molecule has 0 aromatic heterocycles. The van der Waals surface area contributed by atoms with Crippen molar-refractivity contribution in [2.24, 2.45) is 29.6 Å². The summed E-state index contributed by atoms with van der Waals surface area (Å²) >= 11 is 0. The SMILES string of the molecule is CC1C2=CC(N(c3ccc(C4C5CC6CC5CC64)cc3)c3cc4ccccc4c4c3-c3ccccc3C4(C)C)=CCC1c1ccccc1O2. The predicted molar refractivity (Wildman–Crippen MR) is 200 cm³/mol. The molecule has 5 aromatic rings. The van der Waals surface area contributed by atoms with E-state index in [4.69, 9.17) is 4.74 Å². The Labute approximate surface area is 290 Å². The van der Waals surface area contributed by atoms with Gasteiger partial charge in [-0.15, -0.1) is 0 Å². The van der Waals surface area contributed by atoms with E-state index in [1.807, 2.05) is 0 Å². The molecule has 49 heavy (non-hydrogen) atoms. The highest BCUT2D eigenvalue weighted by Crippen LogP contribution is 2.69. The maximum atomic E-state index is 6.72. The summed E-state index contributed by atoms with van der Waals surface area (Å²) in [5.41, 5.74) is 12.0. The third kappa shape index (κ3) is 3.84. The van der Waals surface area contributed by atoms with Crippen LogP contribution in [0.3, 0.4) is 0 Å². The molecular formula is C47H43NO. The molecule has 0 saturated heterocycles. The monoisotopic (exact) mass is 637 g/mol. The summed E-state index contributed by atoms with van der Waals surface area (Å²) in [7, 11) is 0.